The third kappa shape index (κ3) is 5.33. The van der Waals surface area contributed by atoms with Crippen molar-refractivity contribution in [3.8, 4) is 11.5 Å². The molecule has 1 aromatic carbocycles. The predicted molar refractivity (Wildman–Crippen MR) is 142 cm³/mol. The molecule has 0 unspecified atom stereocenters. The van der Waals surface area contributed by atoms with Gasteiger partial charge in [0, 0.05) is 18.2 Å². The van der Waals surface area contributed by atoms with Crippen molar-refractivity contribution in [2.24, 2.45) is 28.6 Å². The summed E-state index contributed by atoms with van der Waals surface area (Å²) in [6, 6.07) is 2.32. The Morgan fingerprint density at radius 2 is 1.69 bits per heavy atom. The number of halogens is 1. The smallest absolute Gasteiger partial charge is 0.309 e. The molecule has 2 bridgehead atoms. The summed E-state index contributed by atoms with van der Waals surface area (Å²) in [5.41, 5.74) is -0.490. The molecule has 0 heterocycles. The number of ether oxygens (including phenoxy) is 2. The maximum absolute atomic E-state index is 15.0. The normalized spacial score (nSPS) is 33.2. The van der Waals surface area contributed by atoms with Crippen LogP contribution in [-0.2, 0) is 9.59 Å². The topological polar surface area (TPSA) is 114 Å². The zero-order chi connectivity index (χ0) is 28.1. The van der Waals surface area contributed by atoms with Crippen molar-refractivity contribution < 1.29 is 33.4 Å². The van der Waals surface area contributed by atoms with E-state index in [1.165, 1.54) is 13.2 Å². The zero-order valence-electron chi connectivity index (χ0n) is 23.3. The predicted octanol–water partition coefficient (Wildman–Crippen LogP) is 4.70. The Labute approximate surface area is 229 Å². The van der Waals surface area contributed by atoms with Crippen molar-refractivity contribution in [3.63, 3.8) is 0 Å². The highest BCUT2D eigenvalue weighted by molar-refractivity contribution is 5.98. The van der Waals surface area contributed by atoms with E-state index in [4.69, 9.17) is 9.47 Å². The number of hydrogen-bond donors (Lipinski definition) is 3. The fourth-order valence-corrected chi connectivity index (χ4v) is 6.93. The number of aliphatic carboxylic acids is 1. The van der Waals surface area contributed by atoms with Crippen LogP contribution in [-0.4, -0.2) is 48.2 Å². The molecular weight excluding hydrogens is 503 g/mol. The molecule has 8 nitrogen and oxygen atoms in total. The van der Waals surface area contributed by atoms with Crippen molar-refractivity contribution in [2.45, 2.75) is 96.7 Å². The quantitative estimate of drug-likeness (QED) is 0.416. The van der Waals surface area contributed by atoms with E-state index in [2.05, 4.69) is 24.5 Å². The summed E-state index contributed by atoms with van der Waals surface area (Å²) >= 11 is 0. The number of rotatable bonds is 9. The highest BCUT2D eigenvalue weighted by atomic mass is 19.1. The molecule has 5 atom stereocenters. The lowest BCUT2D eigenvalue weighted by atomic mass is 9.75. The average Bonchev–Trinajstić information content (AvgIpc) is 3.34. The molecule has 0 radical (unpaired) electrons. The van der Waals surface area contributed by atoms with Gasteiger partial charge in [-0.05, 0) is 95.0 Å². The minimum atomic E-state index is -0.834. The largest absolute Gasteiger partial charge is 0.496 e. The van der Waals surface area contributed by atoms with Gasteiger partial charge in [0.15, 0.2) is 11.6 Å². The van der Waals surface area contributed by atoms with Gasteiger partial charge in [0.05, 0.1) is 30.1 Å². The van der Waals surface area contributed by atoms with E-state index < -0.39 is 23.1 Å². The molecule has 1 aromatic rings. The van der Waals surface area contributed by atoms with E-state index in [1.54, 1.807) is 6.92 Å². The minimum Gasteiger partial charge on any atom is -0.496 e. The lowest BCUT2D eigenvalue weighted by Crippen LogP contribution is -2.52. The second kappa shape index (κ2) is 10.3. The van der Waals surface area contributed by atoms with Crippen LogP contribution in [0.15, 0.2) is 12.1 Å². The first kappa shape index (κ1) is 27.7. The van der Waals surface area contributed by atoms with Gasteiger partial charge in [-0.2, -0.15) is 0 Å². The number of fused-ring (bicyclic) bond motifs is 2. The summed E-state index contributed by atoms with van der Waals surface area (Å²) in [4.78, 5) is 38.5. The number of carboxylic acid groups (broad SMARTS) is 1. The van der Waals surface area contributed by atoms with Crippen LogP contribution in [0.4, 0.5) is 4.39 Å². The monoisotopic (exact) mass is 544 g/mol. The van der Waals surface area contributed by atoms with Crippen molar-refractivity contribution in [3.05, 3.63) is 23.5 Å². The molecule has 4 fully saturated rings. The maximum Gasteiger partial charge on any atom is 0.309 e. The molecule has 39 heavy (non-hydrogen) atoms. The molecule has 2 amide bonds. The third-order valence-electron chi connectivity index (χ3n) is 10.3. The van der Waals surface area contributed by atoms with Crippen LogP contribution in [0.1, 0.15) is 88.9 Å². The minimum absolute atomic E-state index is 0.00822. The van der Waals surface area contributed by atoms with Gasteiger partial charge in [0.1, 0.15) is 5.75 Å². The van der Waals surface area contributed by atoms with Crippen LogP contribution in [0.25, 0.3) is 0 Å². The Morgan fingerprint density at radius 1 is 1.03 bits per heavy atom. The van der Waals surface area contributed by atoms with Crippen molar-refractivity contribution in [2.75, 3.05) is 7.11 Å². The van der Waals surface area contributed by atoms with Gasteiger partial charge >= 0.3 is 5.97 Å². The van der Waals surface area contributed by atoms with Gasteiger partial charge in [-0.15, -0.1) is 0 Å². The van der Waals surface area contributed by atoms with Gasteiger partial charge in [0.25, 0.3) is 5.91 Å². The average molecular weight is 545 g/mol. The molecule has 9 heteroatoms. The number of carbonyl (C=O) groups excluding carboxylic acids is 2. The van der Waals surface area contributed by atoms with Gasteiger partial charge < -0.3 is 25.2 Å². The summed E-state index contributed by atoms with van der Waals surface area (Å²) in [7, 11) is 1.38. The Bertz CT molecular complexity index is 1140. The number of nitrogens with one attached hydrogen (secondary N) is 2. The highest BCUT2D eigenvalue weighted by Crippen LogP contribution is 2.51. The fourth-order valence-electron chi connectivity index (χ4n) is 6.93. The standard InChI is InChI=1S/C30H41FN2O6/c1-16(29(2)11-12-29)32-27(35)24-17-5-6-18(13-17)25(24)33-26(34)20-14-23(21(31)15-22(20)38-4)39-19-7-9-30(3,10-8-19)28(36)37/h14-19,24-25H,5-13H2,1-4H3,(H,32,35)(H,33,34)(H,36,37)/t16-,17+,18-,19?,24-,25+,30?/m0/s1. The molecule has 5 rings (SSSR count). The molecule has 214 valence electrons. The first-order valence-electron chi connectivity index (χ1n) is 14.3. The van der Waals surface area contributed by atoms with Crippen LogP contribution in [0.2, 0.25) is 0 Å². The van der Waals surface area contributed by atoms with Crippen LogP contribution < -0.4 is 20.1 Å². The molecule has 4 aliphatic carbocycles. The zero-order valence-corrected chi connectivity index (χ0v) is 23.3. The number of methoxy groups -OCH3 is 1. The van der Waals surface area contributed by atoms with E-state index in [9.17, 15) is 23.9 Å². The van der Waals surface area contributed by atoms with E-state index in [0.29, 0.717) is 25.7 Å². The van der Waals surface area contributed by atoms with Crippen LogP contribution >= 0.6 is 0 Å². The Hall–Kier alpha value is -2.84. The molecule has 0 spiro atoms. The molecule has 4 aliphatic rings. The second-order valence-electron chi connectivity index (χ2n) is 12.9. The first-order valence-corrected chi connectivity index (χ1v) is 14.3. The summed E-state index contributed by atoms with van der Waals surface area (Å²) in [6.07, 6.45) is 6.59. The number of benzene rings is 1. The molecular formula is C30H41FN2O6. The number of carboxylic acids is 1. The van der Waals surface area contributed by atoms with Gasteiger partial charge in [-0.25, -0.2) is 4.39 Å². The van der Waals surface area contributed by atoms with Gasteiger partial charge in [0.2, 0.25) is 5.91 Å². The lowest BCUT2D eigenvalue weighted by Gasteiger charge is -2.34. The highest BCUT2D eigenvalue weighted by Gasteiger charge is 2.53. The molecule has 4 saturated carbocycles. The first-order chi connectivity index (χ1) is 18.4. The van der Waals surface area contributed by atoms with E-state index >= 15 is 0 Å². The number of hydrogen-bond acceptors (Lipinski definition) is 5. The lowest BCUT2D eigenvalue weighted by molar-refractivity contribution is -0.150. The summed E-state index contributed by atoms with van der Waals surface area (Å²) in [5, 5.41) is 15.8. The maximum atomic E-state index is 15.0. The van der Waals surface area contributed by atoms with Gasteiger partial charge in [-0.3, -0.25) is 14.4 Å². The summed E-state index contributed by atoms with van der Waals surface area (Å²) in [5.74, 6) is -1.66. The SMILES string of the molecule is COc1cc(F)c(OC2CCC(C)(C(=O)O)CC2)cc1C(=O)N[C@@H]1[C@H]2CC[C@H](C2)[C@@H]1C(=O)N[C@@H](C)C1(C)CC1. The van der Waals surface area contributed by atoms with Crippen molar-refractivity contribution in [1.82, 2.24) is 10.6 Å². The van der Waals surface area contributed by atoms with Gasteiger partial charge in [-0.1, -0.05) is 6.92 Å². The van der Waals surface area contributed by atoms with Crippen molar-refractivity contribution >= 4 is 17.8 Å². The Morgan fingerprint density at radius 3 is 2.31 bits per heavy atom. The molecule has 0 aliphatic heterocycles. The Balaban J connectivity index is 1.30. The second-order valence-corrected chi connectivity index (χ2v) is 12.9. The van der Waals surface area contributed by atoms with Crippen LogP contribution in [0, 0.1) is 34.4 Å². The van der Waals surface area contributed by atoms with Crippen LogP contribution in [0.3, 0.4) is 0 Å². The van der Waals surface area contributed by atoms with E-state index in [-0.39, 0.29) is 64.3 Å². The Kier molecular flexibility index (Phi) is 7.31. The number of amides is 2. The number of carbonyl (C=O) groups is 3. The molecule has 0 saturated heterocycles. The molecule has 0 aromatic heterocycles. The fraction of sp³-hybridized carbons (Fsp3) is 0.700. The van der Waals surface area contributed by atoms with E-state index in [0.717, 1.165) is 38.2 Å². The third-order valence-corrected chi connectivity index (χ3v) is 10.3. The van der Waals surface area contributed by atoms with Crippen LogP contribution in [0.5, 0.6) is 11.5 Å². The summed E-state index contributed by atoms with van der Waals surface area (Å²) in [6.45, 7) is 5.97. The summed E-state index contributed by atoms with van der Waals surface area (Å²) < 4.78 is 26.2. The molecule has 3 N–H and O–H groups in total. The van der Waals surface area contributed by atoms with Crippen molar-refractivity contribution in [1.29, 1.82) is 0 Å². The van der Waals surface area contributed by atoms with E-state index in [1.807, 2.05) is 0 Å².